The second kappa shape index (κ2) is 4.85. The molecule has 0 saturated carbocycles. The third-order valence-corrected chi connectivity index (χ3v) is 2.52. The van der Waals surface area contributed by atoms with E-state index < -0.39 is 5.79 Å². The third kappa shape index (κ3) is 3.22. The second-order valence-corrected chi connectivity index (χ2v) is 4.40. The molecule has 88 valence electrons. The Bertz CT molecular complexity index is 321. The molecular weight excluding hydrogens is 204 g/mol. The molecule has 3 nitrogen and oxygen atoms in total. The molecule has 2 rings (SSSR count). The quantitative estimate of drug-likeness (QED) is 0.783. The Balaban J connectivity index is 1.70. The zero-order valence-corrected chi connectivity index (χ0v) is 9.81. The van der Waals surface area contributed by atoms with E-state index in [2.05, 4.69) is 0 Å². The fraction of sp³-hybridized carbons (Fsp3) is 0.538. The van der Waals surface area contributed by atoms with Crippen LogP contribution in [0.5, 0.6) is 5.75 Å². The van der Waals surface area contributed by atoms with Crippen molar-refractivity contribution < 1.29 is 14.2 Å². The smallest absolute Gasteiger partial charge is 0.163 e. The van der Waals surface area contributed by atoms with Crippen LogP contribution in [0.4, 0.5) is 0 Å². The molecule has 0 aromatic heterocycles. The standard InChI is InChI=1S/C13H18O3/c1-13(2)15-10-12(16-13)8-9-14-11-6-4-3-5-7-11/h3-7,12H,8-10H2,1-2H3/t12-/m0/s1. The fourth-order valence-electron chi connectivity index (χ4n) is 1.73. The molecule has 1 saturated heterocycles. The van der Waals surface area contributed by atoms with E-state index in [0.29, 0.717) is 13.2 Å². The fourth-order valence-corrected chi connectivity index (χ4v) is 1.73. The van der Waals surface area contributed by atoms with Crippen LogP contribution in [0.3, 0.4) is 0 Å². The summed E-state index contributed by atoms with van der Waals surface area (Å²) < 4.78 is 16.8. The van der Waals surface area contributed by atoms with Crippen LogP contribution in [0.2, 0.25) is 0 Å². The minimum absolute atomic E-state index is 0.152. The summed E-state index contributed by atoms with van der Waals surface area (Å²) in [5, 5.41) is 0. The predicted molar refractivity (Wildman–Crippen MR) is 61.5 cm³/mol. The van der Waals surface area contributed by atoms with E-state index in [1.54, 1.807) is 0 Å². The molecule has 1 aliphatic rings. The molecule has 0 spiro atoms. The Morgan fingerprint density at radius 1 is 1.31 bits per heavy atom. The van der Waals surface area contributed by atoms with Crippen molar-refractivity contribution in [3.05, 3.63) is 30.3 Å². The zero-order chi connectivity index (χ0) is 11.4. The summed E-state index contributed by atoms with van der Waals surface area (Å²) >= 11 is 0. The summed E-state index contributed by atoms with van der Waals surface area (Å²) in [5.74, 6) is 0.470. The Morgan fingerprint density at radius 2 is 2.06 bits per heavy atom. The summed E-state index contributed by atoms with van der Waals surface area (Å²) in [6.45, 7) is 5.19. The molecule has 0 N–H and O–H groups in total. The van der Waals surface area contributed by atoms with Crippen molar-refractivity contribution in [1.29, 1.82) is 0 Å². The van der Waals surface area contributed by atoms with Gasteiger partial charge in [0.25, 0.3) is 0 Å². The molecule has 16 heavy (non-hydrogen) atoms. The van der Waals surface area contributed by atoms with Crippen LogP contribution < -0.4 is 4.74 Å². The normalized spacial score (nSPS) is 23.2. The summed E-state index contributed by atoms with van der Waals surface area (Å²) in [5.41, 5.74) is 0. The predicted octanol–water partition coefficient (Wildman–Crippen LogP) is 2.61. The Kier molecular flexibility index (Phi) is 3.46. The van der Waals surface area contributed by atoms with Crippen LogP contribution in [0, 0.1) is 0 Å². The zero-order valence-electron chi connectivity index (χ0n) is 9.81. The van der Waals surface area contributed by atoms with E-state index in [1.165, 1.54) is 0 Å². The molecule has 1 aromatic rings. The van der Waals surface area contributed by atoms with E-state index in [1.807, 2.05) is 44.2 Å². The first-order valence-electron chi connectivity index (χ1n) is 5.65. The van der Waals surface area contributed by atoms with E-state index in [4.69, 9.17) is 14.2 Å². The highest BCUT2D eigenvalue weighted by Gasteiger charge is 2.32. The molecule has 0 bridgehead atoms. The largest absolute Gasteiger partial charge is 0.493 e. The van der Waals surface area contributed by atoms with Gasteiger partial charge in [-0.15, -0.1) is 0 Å². The van der Waals surface area contributed by atoms with Gasteiger partial charge < -0.3 is 14.2 Å². The average molecular weight is 222 g/mol. The number of rotatable bonds is 4. The molecule has 1 aliphatic heterocycles. The summed E-state index contributed by atoms with van der Waals surface area (Å²) in [6, 6.07) is 9.82. The lowest BCUT2D eigenvalue weighted by molar-refractivity contribution is -0.139. The van der Waals surface area contributed by atoms with Crippen molar-refractivity contribution >= 4 is 0 Å². The Hall–Kier alpha value is -1.06. The topological polar surface area (TPSA) is 27.7 Å². The van der Waals surface area contributed by atoms with Gasteiger partial charge in [0.15, 0.2) is 5.79 Å². The number of hydrogen-bond acceptors (Lipinski definition) is 3. The van der Waals surface area contributed by atoms with Gasteiger partial charge in [0.1, 0.15) is 5.75 Å². The second-order valence-electron chi connectivity index (χ2n) is 4.40. The molecular formula is C13H18O3. The SMILES string of the molecule is CC1(C)OC[C@H](CCOc2ccccc2)O1. The van der Waals surface area contributed by atoms with Crippen molar-refractivity contribution in [3.8, 4) is 5.75 Å². The van der Waals surface area contributed by atoms with Gasteiger partial charge in [-0.25, -0.2) is 0 Å². The van der Waals surface area contributed by atoms with Gasteiger partial charge in [-0.05, 0) is 26.0 Å². The first-order chi connectivity index (χ1) is 7.66. The van der Waals surface area contributed by atoms with Gasteiger partial charge in [-0.2, -0.15) is 0 Å². The van der Waals surface area contributed by atoms with Crippen LogP contribution in [-0.2, 0) is 9.47 Å². The average Bonchev–Trinajstić information content (AvgIpc) is 2.60. The van der Waals surface area contributed by atoms with Crippen molar-refractivity contribution in [2.45, 2.75) is 32.2 Å². The van der Waals surface area contributed by atoms with Crippen molar-refractivity contribution in [3.63, 3.8) is 0 Å². The third-order valence-electron chi connectivity index (χ3n) is 2.52. The lowest BCUT2D eigenvalue weighted by Gasteiger charge is -2.17. The monoisotopic (exact) mass is 222 g/mol. The maximum absolute atomic E-state index is 5.68. The lowest BCUT2D eigenvalue weighted by Crippen LogP contribution is -2.22. The first-order valence-corrected chi connectivity index (χ1v) is 5.65. The highest BCUT2D eigenvalue weighted by atomic mass is 16.7. The van der Waals surface area contributed by atoms with E-state index >= 15 is 0 Å². The first kappa shape index (κ1) is 11.4. The van der Waals surface area contributed by atoms with Gasteiger partial charge in [0, 0.05) is 6.42 Å². The van der Waals surface area contributed by atoms with Crippen LogP contribution in [-0.4, -0.2) is 25.1 Å². The van der Waals surface area contributed by atoms with E-state index in [-0.39, 0.29) is 6.10 Å². The van der Waals surface area contributed by atoms with Gasteiger partial charge in [-0.3, -0.25) is 0 Å². The van der Waals surface area contributed by atoms with Crippen LogP contribution in [0.15, 0.2) is 30.3 Å². The lowest BCUT2D eigenvalue weighted by atomic mass is 10.3. The molecule has 1 atom stereocenters. The molecule has 0 radical (unpaired) electrons. The molecule has 1 aromatic carbocycles. The molecule has 0 amide bonds. The minimum atomic E-state index is -0.433. The van der Waals surface area contributed by atoms with Gasteiger partial charge >= 0.3 is 0 Å². The maximum Gasteiger partial charge on any atom is 0.163 e. The van der Waals surface area contributed by atoms with Crippen LogP contribution >= 0.6 is 0 Å². The van der Waals surface area contributed by atoms with Gasteiger partial charge in [0.2, 0.25) is 0 Å². The summed E-state index contributed by atoms with van der Waals surface area (Å²) in [7, 11) is 0. The summed E-state index contributed by atoms with van der Waals surface area (Å²) in [6.07, 6.45) is 1.01. The summed E-state index contributed by atoms with van der Waals surface area (Å²) in [4.78, 5) is 0. The molecule has 0 aliphatic carbocycles. The Morgan fingerprint density at radius 3 is 2.69 bits per heavy atom. The highest BCUT2D eigenvalue weighted by molar-refractivity contribution is 5.20. The molecule has 1 heterocycles. The van der Waals surface area contributed by atoms with Gasteiger partial charge in [-0.1, -0.05) is 18.2 Å². The van der Waals surface area contributed by atoms with Crippen molar-refractivity contribution in [1.82, 2.24) is 0 Å². The number of benzene rings is 1. The van der Waals surface area contributed by atoms with Gasteiger partial charge in [0.05, 0.1) is 19.3 Å². The number of ether oxygens (including phenoxy) is 3. The maximum atomic E-state index is 5.68. The van der Waals surface area contributed by atoms with E-state index in [0.717, 1.165) is 12.2 Å². The van der Waals surface area contributed by atoms with Crippen LogP contribution in [0.25, 0.3) is 0 Å². The molecule has 0 unspecified atom stereocenters. The molecule has 3 heteroatoms. The highest BCUT2D eigenvalue weighted by Crippen LogP contribution is 2.24. The molecule has 1 fully saturated rings. The van der Waals surface area contributed by atoms with Crippen molar-refractivity contribution in [2.75, 3.05) is 13.2 Å². The number of para-hydroxylation sites is 1. The van der Waals surface area contributed by atoms with Crippen molar-refractivity contribution in [2.24, 2.45) is 0 Å². The van der Waals surface area contributed by atoms with Crippen LogP contribution in [0.1, 0.15) is 20.3 Å². The van der Waals surface area contributed by atoms with E-state index in [9.17, 15) is 0 Å². The minimum Gasteiger partial charge on any atom is -0.493 e. The Labute approximate surface area is 96.3 Å². The number of hydrogen-bond donors (Lipinski definition) is 0.